The summed E-state index contributed by atoms with van der Waals surface area (Å²) in [5.74, 6) is -0.495. The Kier molecular flexibility index (Phi) is 5.32. The second-order valence-corrected chi connectivity index (χ2v) is 6.86. The molecule has 0 aliphatic heterocycles. The van der Waals surface area contributed by atoms with E-state index in [0.29, 0.717) is 16.8 Å². The van der Waals surface area contributed by atoms with Crippen LogP contribution in [0.2, 0.25) is 0 Å². The number of amides is 1. The lowest BCUT2D eigenvalue weighted by Crippen LogP contribution is -2.44. The first kappa shape index (κ1) is 18.7. The Hall–Kier alpha value is -2.61. The smallest absolute Gasteiger partial charge is 0.323 e. The van der Waals surface area contributed by atoms with Gasteiger partial charge in [0.1, 0.15) is 24.0 Å². The highest BCUT2D eigenvalue weighted by molar-refractivity contribution is 5.99. The van der Waals surface area contributed by atoms with E-state index in [9.17, 15) is 9.59 Å². The lowest BCUT2D eigenvalue weighted by atomic mass is 10.1. The highest BCUT2D eigenvalue weighted by Gasteiger charge is 2.28. The van der Waals surface area contributed by atoms with Crippen molar-refractivity contribution >= 4 is 17.4 Å². The van der Waals surface area contributed by atoms with Crippen LogP contribution >= 0.6 is 0 Å². The van der Waals surface area contributed by atoms with Gasteiger partial charge in [0.05, 0.1) is 23.5 Å². The highest BCUT2D eigenvalue weighted by atomic mass is 16.6. The number of aromatic nitrogens is 2. The molecule has 2 aromatic heterocycles. The van der Waals surface area contributed by atoms with Gasteiger partial charge in [-0.25, -0.2) is 4.52 Å². The minimum atomic E-state index is -0.846. The number of fused-ring (bicyclic) bond motifs is 1. The zero-order valence-corrected chi connectivity index (χ0v) is 14.9. The predicted molar refractivity (Wildman–Crippen MR) is 92.2 cm³/mol. The molecule has 2 heterocycles. The number of nitrogens with zero attached hydrogens (tertiary/aromatic N) is 2. The van der Waals surface area contributed by atoms with Crippen LogP contribution in [0.4, 0.5) is 0 Å². The van der Waals surface area contributed by atoms with E-state index in [1.807, 2.05) is 13.8 Å². The molecule has 0 saturated carbocycles. The summed E-state index contributed by atoms with van der Waals surface area (Å²) in [5.41, 5.74) is 11.2. The van der Waals surface area contributed by atoms with E-state index in [-0.39, 0.29) is 12.5 Å². The maximum absolute atomic E-state index is 12.0. The van der Waals surface area contributed by atoms with Gasteiger partial charge < -0.3 is 20.9 Å². The summed E-state index contributed by atoms with van der Waals surface area (Å²) in [7, 11) is 0. The number of esters is 1. The molecule has 0 aromatic carbocycles. The van der Waals surface area contributed by atoms with E-state index in [1.54, 1.807) is 32.2 Å². The Morgan fingerprint density at radius 2 is 2.00 bits per heavy atom. The maximum atomic E-state index is 12.0. The van der Waals surface area contributed by atoms with Gasteiger partial charge in [-0.3, -0.25) is 9.59 Å². The van der Waals surface area contributed by atoms with Crippen molar-refractivity contribution in [2.45, 2.75) is 39.3 Å². The number of primary amides is 1. The number of carbonyl (C=O) groups excluding carboxylic acids is 2. The average Bonchev–Trinajstić information content (AvgIpc) is 2.95. The first-order valence-corrected chi connectivity index (χ1v) is 7.99. The molecule has 0 aliphatic rings. The molecule has 1 unspecified atom stereocenters. The standard InChI is InChI=1S/C17H24N4O4/c1-10(2)14(18)16(23)25-17(3,4)9-24-11-5-6-13-12(15(19)22)7-20-21(13)8-11/h5-8,10,14H,9,18H2,1-4H3,(H2,19,22). The molecule has 0 spiro atoms. The topological polar surface area (TPSA) is 122 Å². The number of ether oxygens (including phenoxy) is 2. The Morgan fingerprint density at radius 1 is 1.32 bits per heavy atom. The van der Waals surface area contributed by atoms with Gasteiger partial charge in [0.25, 0.3) is 5.91 Å². The fourth-order valence-electron chi connectivity index (χ4n) is 2.14. The van der Waals surface area contributed by atoms with E-state index < -0.39 is 23.5 Å². The Labute approximate surface area is 146 Å². The molecule has 136 valence electrons. The first-order chi connectivity index (χ1) is 11.6. The van der Waals surface area contributed by atoms with Crippen molar-refractivity contribution in [3.63, 3.8) is 0 Å². The van der Waals surface area contributed by atoms with Crippen LogP contribution in [0.15, 0.2) is 24.5 Å². The zero-order chi connectivity index (χ0) is 18.8. The van der Waals surface area contributed by atoms with Crippen LogP contribution in [0.5, 0.6) is 5.75 Å². The zero-order valence-electron chi connectivity index (χ0n) is 14.9. The summed E-state index contributed by atoms with van der Waals surface area (Å²) in [5, 5.41) is 4.07. The molecule has 25 heavy (non-hydrogen) atoms. The van der Waals surface area contributed by atoms with Crippen LogP contribution < -0.4 is 16.2 Å². The van der Waals surface area contributed by atoms with Gasteiger partial charge in [-0.1, -0.05) is 13.8 Å². The third kappa shape index (κ3) is 4.48. The van der Waals surface area contributed by atoms with Crippen molar-refractivity contribution in [3.05, 3.63) is 30.1 Å². The summed E-state index contributed by atoms with van der Waals surface area (Å²) in [6, 6.07) is 2.71. The number of pyridine rings is 1. The van der Waals surface area contributed by atoms with E-state index in [2.05, 4.69) is 5.10 Å². The fraction of sp³-hybridized carbons (Fsp3) is 0.471. The Morgan fingerprint density at radius 3 is 2.60 bits per heavy atom. The summed E-state index contributed by atoms with van der Waals surface area (Å²) >= 11 is 0. The molecule has 0 fully saturated rings. The van der Waals surface area contributed by atoms with Gasteiger partial charge in [0, 0.05) is 0 Å². The predicted octanol–water partition coefficient (Wildman–Crippen LogP) is 1.12. The maximum Gasteiger partial charge on any atom is 0.323 e. The van der Waals surface area contributed by atoms with Crippen molar-refractivity contribution < 1.29 is 19.1 Å². The molecule has 0 saturated heterocycles. The molecule has 0 bridgehead atoms. The van der Waals surface area contributed by atoms with Crippen LogP contribution in [0.1, 0.15) is 38.1 Å². The van der Waals surface area contributed by atoms with E-state index >= 15 is 0 Å². The van der Waals surface area contributed by atoms with Crippen molar-refractivity contribution in [1.29, 1.82) is 0 Å². The van der Waals surface area contributed by atoms with Gasteiger partial charge in [-0.05, 0) is 31.9 Å². The van der Waals surface area contributed by atoms with E-state index in [0.717, 1.165) is 0 Å². The minimum Gasteiger partial charge on any atom is -0.488 e. The van der Waals surface area contributed by atoms with Crippen molar-refractivity contribution in [1.82, 2.24) is 9.61 Å². The summed E-state index contributed by atoms with van der Waals surface area (Å²) < 4.78 is 12.6. The quantitative estimate of drug-likeness (QED) is 0.723. The third-order valence-corrected chi connectivity index (χ3v) is 3.71. The number of nitrogens with two attached hydrogens (primary N) is 2. The molecule has 1 atom stereocenters. The second kappa shape index (κ2) is 7.10. The van der Waals surface area contributed by atoms with Crippen molar-refractivity contribution in [2.24, 2.45) is 17.4 Å². The molecule has 8 nitrogen and oxygen atoms in total. The molecule has 1 amide bonds. The summed E-state index contributed by atoms with van der Waals surface area (Å²) in [6.45, 7) is 7.34. The monoisotopic (exact) mass is 348 g/mol. The molecule has 0 aliphatic carbocycles. The highest BCUT2D eigenvalue weighted by Crippen LogP contribution is 2.19. The van der Waals surface area contributed by atoms with Crippen LogP contribution in [0, 0.1) is 5.92 Å². The SMILES string of the molecule is CC(C)C(N)C(=O)OC(C)(C)COc1ccc2c(C(N)=O)cnn2c1. The lowest BCUT2D eigenvalue weighted by Gasteiger charge is -2.27. The summed E-state index contributed by atoms with van der Waals surface area (Å²) in [6.07, 6.45) is 3.03. The van der Waals surface area contributed by atoms with E-state index in [1.165, 1.54) is 10.7 Å². The van der Waals surface area contributed by atoms with Crippen molar-refractivity contribution in [3.8, 4) is 5.75 Å². The minimum absolute atomic E-state index is 0.00843. The van der Waals surface area contributed by atoms with Gasteiger partial charge >= 0.3 is 5.97 Å². The van der Waals surface area contributed by atoms with Crippen LogP contribution in [-0.4, -0.2) is 39.7 Å². The van der Waals surface area contributed by atoms with Gasteiger partial charge in [0.15, 0.2) is 0 Å². The Bertz CT molecular complexity index is 782. The van der Waals surface area contributed by atoms with Gasteiger partial charge in [0.2, 0.25) is 0 Å². The largest absolute Gasteiger partial charge is 0.488 e. The average molecular weight is 348 g/mol. The first-order valence-electron chi connectivity index (χ1n) is 7.99. The number of hydrogen-bond donors (Lipinski definition) is 2. The summed E-state index contributed by atoms with van der Waals surface area (Å²) in [4.78, 5) is 23.3. The molecular formula is C17H24N4O4. The lowest BCUT2D eigenvalue weighted by molar-refractivity contribution is -0.161. The molecule has 4 N–H and O–H groups in total. The molecule has 2 aromatic rings. The second-order valence-electron chi connectivity index (χ2n) is 6.86. The Balaban J connectivity index is 2.03. The third-order valence-electron chi connectivity index (χ3n) is 3.71. The van der Waals surface area contributed by atoms with Crippen molar-refractivity contribution in [2.75, 3.05) is 6.61 Å². The molecule has 8 heteroatoms. The number of hydrogen-bond acceptors (Lipinski definition) is 6. The number of carbonyl (C=O) groups is 2. The van der Waals surface area contributed by atoms with Crippen LogP contribution in [-0.2, 0) is 9.53 Å². The van der Waals surface area contributed by atoms with E-state index in [4.69, 9.17) is 20.9 Å². The molecule has 0 radical (unpaired) electrons. The van der Waals surface area contributed by atoms with Crippen LogP contribution in [0.25, 0.3) is 5.52 Å². The van der Waals surface area contributed by atoms with Gasteiger partial charge in [-0.2, -0.15) is 5.10 Å². The number of rotatable bonds is 7. The normalized spacial score (nSPS) is 13.0. The fourth-order valence-corrected chi connectivity index (χ4v) is 2.14. The van der Waals surface area contributed by atoms with Crippen LogP contribution in [0.3, 0.4) is 0 Å². The molecular weight excluding hydrogens is 324 g/mol. The molecule has 2 rings (SSSR count). The van der Waals surface area contributed by atoms with Gasteiger partial charge in [-0.15, -0.1) is 0 Å².